The van der Waals surface area contributed by atoms with Gasteiger partial charge in [-0.15, -0.1) is 0 Å². The number of hydrogen-bond donors (Lipinski definition) is 1. The zero-order valence-corrected chi connectivity index (χ0v) is 12.2. The van der Waals surface area contributed by atoms with Crippen LogP contribution in [0.5, 0.6) is 0 Å². The molecule has 108 valence electrons. The summed E-state index contributed by atoms with van der Waals surface area (Å²) in [5, 5.41) is 7.42. The minimum absolute atomic E-state index is 0.194. The highest BCUT2D eigenvalue weighted by molar-refractivity contribution is 6.13. The molecule has 0 bridgehead atoms. The normalized spacial score (nSPS) is 11.8. The van der Waals surface area contributed by atoms with Gasteiger partial charge in [-0.2, -0.15) is 0 Å². The van der Waals surface area contributed by atoms with Crippen LogP contribution in [0, 0.1) is 0 Å². The molecule has 0 saturated heterocycles. The van der Waals surface area contributed by atoms with Crippen LogP contribution < -0.4 is 0 Å². The fourth-order valence-electron chi connectivity index (χ4n) is 2.62. The van der Waals surface area contributed by atoms with Gasteiger partial charge < -0.3 is 5.11 Å². The van der Waals surface area contributed by atoms with Crippen molar-refractivity contribution in [2.24, 2.45) is 0 Å². The van der Waals surface area contributed by atoms with E-state index in [0.29, 0.717) is 0 Å². The number of fused-ring (bicyclic) bond motifs is 2. The molecular weight excluding hydrogens is 264 g/mol. The Morgan fingerprint density at radius 1 is 1.10 bits per heavy atom. The van der Waals surface area contributed by atoms with E-state index in [-0.39, 0.29) is 5.78 Å². The van der Waals surface area contributed by atoms with Gasteiger partial charge in [-0.3, -0.25) is 9.59 Å². The lowest BCUT2D eigenvalue weighted by atomic mass is 9.82. The van der Waals surface area contributed by atoms with E-state index in [4.69, 9.17) is 9.90 Å². The Bertz CT molecular complexity index is 683. The van der Waals surface area contributed by atoms with Crippen molar-refractivity contribution in [1.82, 2.24) is 0 Å². The third kappa shape index (κ3) is 3.19. The summed E-state index contributed by atoms with van der Waals surface area (Å²) in [5.41, 5.74) is 5.31. The first-order valence-electron chi connectivity index (χ1n) is 6.97. The largest absolute Gasteiger partial charge is 0.481 e. The second-order valence-corrected chi connectivity index (χ2v) is 4.99. The number of benzene rings is 2. The van der Waals surface area contributed by atoms with Crippen LogP contribution in [0.2, 0.25) is 0 Å². The number of carbonyl (C=O) groups is 2. The van der Waals surface area contributed by atoms with Gasteiger partial charge in [0.15, 0.2) is 5.78 Å². The maximum atomic E-state index is 12.5. The molecule has 0 amide bonds. The van der Waals surface area contributed by atoms with Crippen LogP contribution in [0.4, 0.5) is 0 Å². The highest BCUT2D eigenvalue weighted by Gasteiger charge is 2.24. The van der Waals surface area contributed by atoms with E-state index in [1.165, 1.54) is 11.1 Å². The Kier molecular flexibility index (Phi) is 4.53. The predicted molar refractivity (Wildman–Crippen MR) is 81.8 cm³/mol. The molecule has 0 aliphatic heterocycles. The summed E-state index contributed by atoms with van der Waals surface area (Å²) in [6.45, 7) is 3.18. The lowest BCUT2D eigenvalue weighted by Crippen LogP contribution is -2.17. The highest BCUT2D eigenvalue weighted by Crippen LogP contribution is 2.29. The van der Waals surface area contributed by atoms with E-state index < -0.39 is 5.97 Å². The molecule has 0 fully saturated rings. The molecule has 0 spiro atoms. The summed E-state index contributed by atoms with van der Waals surface area (Å²) in [6, 6.07) is 14.1. The fourth-order valence-corrected chi connectivity index (χ4v) is 2.62. The maximum absolute atomic E-state index is 12.5. The Hall–Kier alpha value is -2.42. The van der Waals surface area contributed by atoms with E-state index in [1.807, 2.05) is 18.2 Å². The highest BCUT2D eigenvalue weighted by atomic mass is 16.4. The van der Waals surface area contributed by atoms with Crippen LogP contribution in [0.15, 0.2) is 42.5 Å². The molecule has 1 aliphatic carbocycles. The van der Waals surface area contributed by atoms with Crippen molar-refractivity contribution in [2.75, 3.05) is 0 Å². The number of carboxylic acids is 1. The maximum Gasteiger partial charge on any atom is 0.300 e. The third-order valence-corrected chi connectivity index (χ3v) is 3.49. The summed E-state index contributed by atoms with van der Waals surface area (Å²) < 4.78 is 0. The average molecular weight is 282 g/mol. The lowest BCUT2D eigenvalue weighted by Gasteiger charge is -2.20. The van der Waals surface area contributed by atoms with Gasteiger partial charge in [-0.1, -0.05) is 49.4 Å². The van der Waals surface area contributed by atoms with Crippen LogP contribution >= 0.6 is 0 Å². The molecule has 0 atom stereocenters. The van der Waals surface area contributed by atoms with Gasteiger partial charge >= 0.3 is 0 Å². The minimum atomic E-state index is -0.833. The van der Waals surface area contributed by atoms with Gasteiger partial charge in [0, 0.05) is 18.1 Å². The lowest BCUT2D eigenvalue weighted by molar-refractivity contribution is -0.134. The van der Waals surface area contributed by atoms with Crippen LogP contribution in [0.3, 0.4) is 0 Å². The van der Waals surface area contributed by atoms with Crippen molar-refractivity contribution in [3.8, 4) is 0 Å². The Balaban J connectivity index is 0.000000361. The molecule has 1 N–H and O–H groups in total. The van der Waals surface area contributed by atoms with Crippen molar-refractivity contribution < 1.29 is 14.7 Å². The quantitative estimate of drug-likeness (QED) is 0.743. The van der Waals surface area contributed by atoms with Gasteiger partial charge in [0.05, 0.1) is 0 Å². The first-order chi connectivity index (χ1) is 10.0. The van der Waals surface area contributed by atoms with Gasteiger partial charge in [-0.05, 0) is 29.5 Å². The molecule has 0 radical (unpaired) electrons. The van der Waals surface area contributed by atoms with Gasteiger partial charge in [0.1, 0.15) is 0 Å². The van der Waals surface area contributed by atoms with Gasteiger partial charge in [0.2, 0.25) is 0 Å². The monoisotopic (exact) mass is 282 g/mol. The van der Waals surface area contributed by atoms with E-state index in [0.717, 1.165) is 36.5 Å². The van der Waals surface area contributed by atoms with E-state index >= 15 is 0 Å². The number of carboxylic acid groups (broad SMARTS) is 1. The van der Waals surface area contributed by atoms with Crippen LogP contribution in [0.1, 0.15) is 46.5 Å². The molecule has 2 aromatic rings. The molecule has 0 aromatic heterocycles. The number of carbonyl (C=O) groups excluding carboxylic acids is 1. The Morgan fingerprint density at radius 2 is 1.71 bits per heavy atom. The Morgan fingerprint density at radius 3 is 2.38 bits per heavy atom. The number of rotatable bonds is 1. The SMILES string of the molecule is CC(=O)O.CCc1cccc2c1C(=O)c1ccccc1C2. The van der Waals surface area contributed by atoms with Crippen molar-refractivity contribution in [3.05, 3.63) is 70.3 Å². The summed E-state index contributed by atoms with van der Waals surface area (Å²) in [5.74, 6) is -0.640. The van der Waals surface area contributed by atoms with Gasteiger partial charge in [0.25, 0.3) is 5.97 Å². The van der Waals surface area contributed by atoms with Gasteiger partial charge in [-0.25, -0.2) is 0 Å². The third-order valence-electron chi connectivity index (χ3n) is 3.49. The predicted octanol–water partition coefficient (Wildman–Crippen LogP) is 3.48. The van der Waals surface area contributed by atoms with Crippen LogP contribution in [-0.2, 0) is 17.6 Å². The summed E-state index contributed by atoms with van der Waals surface area (Å²) in [7, 11) is 0. The first kappa shape index (κ1) is 15.0. The average Bonchev–Trinajstić information content (AvgIpc) is 2.46. The fraction of sp³-hybridized carbons (Fsp3) is 0.222. The molecule has 0 heterocycles. The van der Waals surface area contributed by atoms with E-state index in [2.05, 4.69) is 31.2 Å². The number of hydrogen-bond acceptors (Lipinski definition) is 2. The Labute approximate surface area is 124 Å². The van der Waals surface area contributed by atoms with Crippen molar-refractivity contribution >= 4 is 11.8 Å². The minimum Gasteiger partial charge on any atom is -0.481 e. The molecule has 0 saturated carbocycles. The number of ketones is 1. The smallest absolute Gasteiger partial charge is 0.300 e. The standard InChI is InChI=1S/C16H14O.C2H4O2/c1-2-11-7-5-8-13-10-12-6-3-4-9-14(12)16(17)15(11)13;1-2(3)4/h3-9H,2,10H2,1H3;1H3,(H,3,4). The van der Waals surface area contributed by atoms with Crippen molar-refractivity contribution in [2.45, 2.75) is 26.7 Å². The molecule has 2 aromatic carbocycles. The van der Waals surface area contributed by atoms with Crippen LogP contribution in [0.25, 0.3) is 0 Å². The zero-order valence-electron chi connectivity index (χ0n) is 12.2. The summed E-state index contributed by atoms with van der Waals surface area (Å²) in [6.07, 6.45) is 1.79. The first-order valence-corrected chi connectivity index (χ1v) is 6.97. The molecule has 3 heteroatoms. The number of aryl methyl sites for hydroxylation is 1. The number of aliphatic carboxylic acids is 1. The zero-order chi connectivity index (χ0) is 15.4. The molecule has 0 unspecified atom stereocenters. The second-order valence-electron chi connectivity index (χ2n) is 4.99. The summed E-state index contributed by atoms with van der Waals surface area (Å²) in [4.78, 5) is 21.5. The van der Waals surface area contributed by atoms with Crippen molar-refractivity contribution in [3.63, 3.8) is 0 Å². The van der Waals surface area contributed by atoms with E-state index in [1.54, 1.807) is 0 Å². The second kappa shape index (κ2) is 6.35. The molecule has 1 aliphatic rings. The topological polar surface area (TPSA) is 54.4 Å². The van der Waals surface area contributed by atoms with Crippen molar-refractivity contribution in [1.29, 1.82) is 0 Å². The molecule has 21 heavy (non-hydrogen) atoms. The molecule has 3 nitrogen and oxygen atoms in total. The summed E-state index contributed by atoms with van der Waals surface area (Å²) >= 11 is 0. The van der Waals surface area contributed by atoms with E-state index in [9.17, 15) is 4.79 Å². The molecular formula is C18H18O3. The van der Waals surface area contributed by atoms with Crippen LogP contribution in [-0.4, -0.2) is 16.9 Å². The molecule has 3 rings (SSSR count).